The van der Waals surface area contributed by atoms with Crippen LogP contribution in [0.1, 0.15) is 64.6 Å². The fourth-order valence-corrected chi connectivity index (χ4v) is 4.66. The zero-order chi connectivity index (χ0) is 20.8. The Kier molecular flexibility index (Phi) is 4.92. The molecule has 1 aliphatic rings. The quantitative estimate of drug-likeness (QED) is 0.433. The van der Waals surface area contributed by atoms with Crippen molar-refractivity contribution in [3.8, 4) is 0 Å². The van der Waals surface area contributed by atoms with Gasteiger partial charge < -0.3 is 9.55 Å². The van der Waals surface area contributed by atoms with Gasteiger partial charge in [0.15, 0.2) is 5.79 Å². The van der Waals surface area contributed by atoms with Crippen molar-refractivity contribution in [2.45, 2.75) is 71.0 Å². The largest absolute Gasteiger partial charge is 0.360 e. The smallest absolute Gasteiger partial charge is 0.193 e. The molecule has 1 aromatic heterocycles. The van der Waals surface area contributed by atoms with Crippen molar-refractivity contribution in [3.63, 3.8) is 0 Å². The number of benzene rings is 2. The Bertz CT molecular complexity index is 1120. The van der Waals surface area contributed by atoms with Crippen molar-refractivity contribution in [3.05, 3.63) is 59.7 Å². The van der Waals surface area contributed by atoms with Crippen LogP contribution in [-0.4, -0.2) is 9.55 Å². The van der Waals surface area contributed by atoms with Crippen LogP contribution in [0.5, 0.6) is 0 Å². The van der Waals surface area contributed by atoms with Crippen molar-refractivity contribution < 1.29 is 8.78 Å². The minimum Gasteiger partial charge on any atom is -0.360 e. The molecule has 2 nitrogen and oxygen atoms in total. The summed E-state index contributed by atoms with van der Waals surface area (Å²) in [6, 6.07) is 10.9. The van der Waals surface area contributed by atoms with Gasteiger partial charge in [0.05, 0.1) is 5.52 Å². The second kappa shape index (κ2) is 7.16. The molecule has 2 heterocycles. The minimum absolute atomic E-state index is 0.326. The van der Waals surface area contributed by atoms with Gasteiger partial charge in [-0.3, -0.25) is 0 Å². The van der Waals surface area contributed by atoms with Gasteiger partial charge in [0.2, 0.25) is 0 Å². The number of H-pyrrole nitrogens is 1. The molecular formula is C25H30F2N2. The van der Waals surface area contributed by atoms with Crippen molar-refractivity contribution in [2.24, 2.45) is 0 Å². The number of nitrogens with one attached hydrogen (secondary N) is 1. The lowest BCUT2D eigenvalue weighted by Gasteiger charge is -2.34. The number of rotatable bonds is 5. The number of aromatic amines is 1. The number of hydrogen-bond donors (Lipinski definition) is 1. The molecular weight excluding hydrogens is 366 g/mol. The van der Waals surface area contributed by atoms with Crippen LogP contribution >= 0.6 is 0 Å². The van der Waals surface area contributed by atoms with E-state index < -0.39 is 11.2 Å². The lowest BCUT2D eigenvalue weighted by molar-refractivity contribution is 0.0244. The highest BCUT2D eigenvalue weighted by Crippen LogP contribution is 2.52. The van der Waals surface area contributed by atoms with Crippen molar-refractivity contribution in [1.82, 2.24) is 9.55 Å². The molecule has 0 bridgehead atoms. The van der Waals surface area contributed by atoms with Crippen molar-refractivity contribution in [1.29, 1.82) is 0 Å². The number of nitrogens with zero attached hydrogens (tertiary/aromatic N) is 1. The third-order valence-electron chi connectivity index (χ3n) is 6.72. The number of halogens is 2. The molecule has 2 aromatic carbocycles. The predicted molar refractivity (Wildman–Crippen MR) is 117 cm³/mol. The Morgan fingerprint density at radius 3 is 2.52 bits per heavy atom. The second-order valence-corrected chi connectivity index (χ2v) is 8.90. The van der Waals surface area contributed by atoms with E-state index in [2.05, 4.69) is 11.9 Å². The summed E-state index contributed by atoms with van der Waals surface area (Å²) in [6.07, 6.45) is 7.18. The summed E-state index contributed by atoms with van der Waals surface area (Å²) in [4.78, 5) is 3.38. The minimum atomic E-state index is -1.66. The first-order valence-corrected chi connectivity index (χ1v) is 10.7. The SMILES string of the molecule is CCCCCCc1c[nH]c2ccccc2c2cc(F)cc3c2n1[C@](C)(F)C3(C)C. The van der Waals surface area contributed by atoms with E-state index in [4.69, 9.17) is 0 Å². The first-order valence-electron chi connectivity index (χ1n) is 10.7. The van der Waals surface area contributed by atoms with E-state index in [1.807, 2.05) is 48.9 Å². The van der Waals surface area contributed by atoms with Crippen LogP contribution in [0.4, 0.5) is 8.78 Å². The molecule has 29 heavy (non-hydrogen) atoms. The van der Waals surface area contributed by atoms with Gasteiger partial charge in [0.1, 0.15) is 5.82 Å². The molecule has 0 saturated carbocycles. The predicted octanol–water partition coefficient (Wildman–Crippen LogP) is 7.44. The standard InChI is InChI=1S/C25H30F2N2/c1-5-6-7-8-11-18-16-28-22-13-10-9-12-19(22)20-14-17(26)15-21-23(20)29(18)25(4,27)24(21,2)3/h9-10,12-16,28H,5-8,11H2,1-4H3/t25-/m0/s1. The summed E-state index contributed by atoms with van der Waals surface area (Å²) in [5.74, 6) is -1.99. The van der Waals surface area contributed by atoms with Gasteiger partial charge in [-0.1, -0.05) is 58.2 Å². The van der Waals surface area contributed by atoms with E-state index >= 15 is 4.39 Å². The maximum absolute atomic E-state index is 16.4. The summed E-state index contributed by atoms with van der Waals surface area (Å²) in [7, 11) is 0. The molecule has 0 aliphatic carbocycles. The number of hydrogen-bond acceptors (Lipinski definition) is 0. The summed E-state index contributed by atoms with van der Waals surface area (Å²) >= 11 is 0. The number of alkyl halides is 1. The van der Waals surface area contributed by atoms with Crippen LogP contribution in [0.15, 0.2) is 42.6 Å². The average Bonchev–Trinajstić information content (AvgIpc) is 2.82. The molecule has 4 rings (SSSR count). The summed E-state index contributed by atoms with van der Waals surface area (Å²) in [5.41, 5.74) is 2.52. The topological polar surface area (TPSA) is 20.7 Å². The van der Waals surface area contributed by atoms with Crippen LogP contribution in [0.2, 0.25) is 0 Å². The Morgan fingerprint density at radius 2 is 1.76 bits per heavy atom. The van der Waals surface area contributed by atoms with Gasteiger partial charge in [-0.05, 0) is 43.5 Å². The normalized spacial score (nSPS) is 19.8. The van der Waals surface area contributed by atoms with Crippen LogP contribution in [0.3, 0.4) is 0 Å². The fourth-order valence-electron chi connectivity index (χ4n) is 4.66. The highest BCUT2D eigenvalue weighted by atomic mass is 19.1. The number of fused-ring (bicyclic) bond motifs is 2. The van der Waals surface area contributed by atoms with Gasteiger partial charge in [-0.2, -0.15) is 0 Å². The molecule has 0 radical (unpaired) electrons. The lowest BCUT2D eigenvalue weighted by Crippen LogP contribution is -2.39. The van der Waals surface area contributed by atoms with Crippen molar-refractivity contribution >= 4 is 21.8 Å². The zero-order valence-electron chi connectivity index (χ0n) is 17.8. The maximum Gasteiger partial charge on any atom is 0.193 e. The van der Waals surface area contributed by atoms with Gasteiger partial charge >= 0.3 is 0 Å². The molecule has 4 heteroatoms. The van der Waals surface area contributed by atoms with Crippen LogP contribution in [0.25, 0.3) is 21.8 Å². The number of para-hydroxylation sites is 1. The summed E-state index contributed by atoms with van der Waals surface area (Å²) < 4.78 is 33.0. The van der Waals surface area contributed by atoms with E-state index in [9.17, 15) is 4.39 Å². The van der Waals surface area contributed by atoms with Crippen LogP contribution < -0.4 is 0 Å². The molecule has 0 amide bonds. The van der Waals surface area contributed by atoms with E-state index in [-0.39, 0.29) is 5.82 Å². The Balaban J connectivity index is 2.13. The zero-order valence-corrected chi connectivity index (χ0v) is 17.8. The highest BCUT2D eigenvalue weighted by Gasteiger charge is 2.51. The first kappa shape index (κ1) is 19.9. The van der Waals surface area contributed by atoms with Gasteiger partial charge in [0, 0.05) is 33.6 Å². The van der Waals surface area contributed by atoms with E-state index in [0.29, 0.717) is 0 Å². The van der Waals surface area contributed by atoms with Crippen LogP contribution in [-0.2, 0) is 17.6 Å². The molecule has 0 saturated heterocycles. The molecule has 1 N–H and O–H groups in total. The van der Waals surface area contributed by atoms with E-state index in [1.165, 1.54) is 12.5 Å². The van der Waals surface area contributed by atoms with E-state index in [1.54, 1.807) is 13.0 Å². The third kappa shape index (κ3) is 3.04. The van der Waals surface area contributed by atoms with E-state index in [0.717, 1.165) is 58.7 Å². The van der Waals surface area contributed by atoms with Crippen LogP contribution in [0, 0.1) is 5.82 Å². The Morgan fingerprint density at radius 1 is 1.00 bits per heavy atom. The average molecular weight is 397 g/mol. The molecule has 1 aliphatic heterocycles. The van der Waals surface area contributed by atoms with Gasteiger partial charge in [-0.25, -0.2) is 8.78 Å². The van der Waals surface area contributed by atoms with Crippen molar-refractivity contribution in [2.75, 3.05) is 0 Å². The monoisotopic (exact) mass is 396 g/mol. The maximum atomic E-state index is 16.4. The molecule has 1 atom stereocenters. The summed E-state index contributed by atoms with van der Waals surface area (Å²) in [5, 5.41) is 1.64. The number of aryl methyl sites for hydroxylation is 1. The first-order chi connectivity index (χ1) is 13.8. The number of unbranched alkanes of at least 4 members (excludes halogenated alkanes) is 3. The van der Waals surface area contributed by atoms with Gasteiger partial charge in [-0.15, -0.1) is 0 Å². The fraction of sp³-hybridized carbons (Fsp3) is 0.440. The Hall–Kier alpha value is -2.36. The van der Waals surface area contributed by atoms with Gasteiger partial charge in [0.25, 0.3) is 0 Å². The molecule has 154 valence electrons. The molecule has 0 fully saturated rings. The third-order valence-corrected chi connectivity index (χ3v) is 6.72. The lowest BCUT2D eigenvalue weighted by atomic mass is 9.79. The summed E-state index contributed by atoms with van der Waals surface area (Å²) in [6.45, 7) is 7.57. The molecule has 0 spiro atoms. The highest BCUT2D eigenvalue weighted by molar-refractivity contribution is 6.05. The molecule has 3 aromatic rings. The second-order valence-electron chi connectivity index (χ2n) is 8.90. The number of aromatic nitrogens is 2. The molecule has 0 unspecified atom stereocenters. The Labute approximate surface area is 171 Å².